The van der Waals surface area contributed by atoms with Crippen LogP contribution in [0.1, 0.15) is 26.2 Å². The van der Waals surface area contributed by atoms with Crippen LogP contribution in [0.25, 0.3) is 0 Å². The third kappa shape index (κ3) is 6.74. The van der Waals surface area contributed by atoms with Crippen molar-refractivity contribution in [2.24, 2.45) is 0 Å². The maximum atomic E-state index is 12.7. The first kappa shape index (κ1) is 16.9. The van der Waals surface area contributed by atoms with E-state index in [2.05, 4.69) is 0 Å². The van der Waals surface area contributed by atoms with Gasteiger partial charge in [-0.15, -0.1) is 0 Å². The van der Waals surface area contributed by atoms with Crippen LogP contribution in [0.3, 0.4) is 0 Å². The highest BCUT2D eigenvalue weighted by Crippen LogP contribution is 2.11. The van der Waals surface area contributed by atoms with Gasteiger partial charge in [-0.1, -0.05) is 6.92 Å². The average Bonchev–Trinajstić information content (AvgIpc) is 2.44. The predicted molar refractivity (Wildman–Crippen MR) is 75.6 cm³/mol. The molecule has 0 bridgehead atoms. The van der Waals surface area contributed by atoms with Crippen LogP contribution in [0, 0.1) is 5.82 Å². The van der Waals surface area contributed by atoms with E-state index in [0.29, 0.717) is 31.7 Å². The number of rotatable bonds is 9. The number of carbonyl (C=O) groups excluding carboxylic acids is 1. The standard InChI is InChI=1S/C15H20FNO4/c1-2-9-17(11-15(19)20)14(18)4-3-10-21-13-7-5-12(16)6-8-13/h5-8H,2-4,9-11H2,1H3,(H,19,20). The molecule has 0 spiro atoms. The number of amides is 1. The summed E-state index contributed by atoms with van der Waals surface area (Å²) >= 11 is 0. The van der Waals surface area contributed by atoms with E-state index in [1.54, 1.807) is 0 Å². The van der Waals surface area contributed by atoms with Crippen molar-refractivity contribution in [3.05, 3.63) is 30.1 Å². The molecular weight excluding hydrogens is 277 g/mol. The minimum Gasteiger partial charge on any atom is -0.494 e. The van der Waals surface area contributed by atoms with E-state index in [9.17, 15) is 14.0 Å². The van der Waals surface area contributed by atoms with Crippen molar-refractivity contribution in [2.45, 2.75) is 26.2 Å². The Morgan fingerprint density at radius 1 is 1.29 bits per heavy atom. The molecule has 1 rings (SSSR count). The lowest BCUT2D eigenvalue weighted by atomic mass is 10.2. The van der Waals surface area contributed by atoms with Gasteiger partial charge in [0.1, 0.15) is 18.1 Å². The number of hydrogen-bond donors (Lipinski definition) is 1. The van der Waals surface area contributed by atoms with E-state index in [-0.39, 0.29) is 24.7 Å². The van der Waals surface area contributed by atoms with Crippen molar-refractivity contribution < 1.29 is 23.8 Å². The smallest absolute Gasteiger partial charge is 0.323 e. The van der Waals surface area contributed by atoms with E-state index in [1.165, 1.54) is 29.2 Å². The molecule has 1 N–H and O–H groups in total. The summed E-state index contributed by atoms with van der Waals surface area (Å²) in [6.45, 7) is 2.37. The Labute approximate surface area is 123 Å². The topological polar surface area (TPSA) is 66.8 Å². The lowest BCUT2D eigenvalue weighted by Gasteiger charge is -2.19. The minimum absolute atomic E-state index is 0.193. The Bertz CT molecular complexity index is 461. The number of carbonyl (C=O) groups is 2. The molecule has 0 saturated carbocycles. The lowest BCUT2D eigenvalue weighted by Crippen LogP contribution is -2.36. The van der Waals surface area contributed by atoms with Gasteiger partial charge in [-0.3, -0.25) is 9.59 Å². The molecule has 1 amide bonds. The maximum absolute atomic E-state index is 12.7. The molecule has 116 valence electrons. The van der Waals surface area contributed by atoms with Gasteiger partial charge >= 0.3 is 5.97 Å². The number of ether oxygens (including phenoxy) is 1. The van der Waals surface area contributed by atoms with Crippen molar-refractivity contribution in [2.75, 3.05) is 19.7 Å². The van der Waals surface area contributed by atoms with Gasteiger partial charge in [0.25, 0.3) is 0 Å². The zero-order chi connectivity index (χ0) is 15.7. The monoisotopic (exact) mass is 297 g/mol. The first-order valence-corrected chi connectivity index (χ1v) is 6.91. The number of hydrogen-bond acceptors (Lipinski definition) is 3. The fraction of sp³-hybridized carbons (Fsp3) is 0.467. The second-order valence-electron chi connectivity index (χ2n) is 4.61. The van der Waals surface area contributed by atoms with Gasteiger partial charge in [0, 0.05) is 13.0 Å². The van der Waals surface area contributed by atoms with Crippen LogP contribution in [0.5, 0.6) is 5.75 Å². The molecular formula is C15H20FNO4. The summed E-state index contributed by atoms with van der Waals surface area (Å²) < 4.78 is 18.1. The summed E-state index contributed by atoms with van der Waals surface area (Å²) in [7, 11) is 0. The van der Waals surface area contributed by atoms with Crippen molar-refractivity contribution in [3.63, 3.8) is 0 Å². The quantitative estimate of drug-likeness (QED) is 0.710. The molecule has 0 unspecified atom stereocenters. The third-order valence-electron chi connectivity index (χ3n) is 2.79. The van der Waals surface area contributed by atoms with E-state index in [0.717, 1.165) is 0 Å². The highest BCUT2D eigenvalue weighted by atomic mass is 19.1. The van der Waals surface area contributed by atoms with Gasteiger partial charge in [0.05, 0.1) is 6.61 Å². The van der Waals surface area contributed by atoms with Crippen molar-refractivity contribution >= 4 is 11.9 Å². The van der Waals surface area contributed by atoms with E-state index >= 15 is 0 Å². The zero-order valence-electron chi connectivity index (χ0n) is 12.0. The molecule has 0 aromatic heterocycles. The molecule has 0 heterocycles. The summed E-state index contributed by atoms with van der Waals surface area (Å²) in [5, 5.41) is 8.75. The van der Waals surface area contributed by atoms with Crippen LogP contribution < -0.4 is 4.74 Å². The molecule has 0 fully saturated rings. The number of nitrogens with zero attached hydrogens (tertiary/aromatic N) is 1. The van der Waals surface area contributed by atoms with Gasteiger partial charge in [0.15, 0.2) is 0 Å². The third-order valence-corrected chi connectivity index (χ3v) is 2.79. The van der Waals surface area contributed by atoms with Crippen LogP contribution in [-0.4, -0.2) is 41.6 Å². The fourth-order valence-corrected chi connectivity index (χ4v) is 1.83. The first-order valence-electron chi connectivity index (χ1n) is 6.91. The van der Waals surface area contributed by atoms with Crippen LogP contribution in [0.4, 0.5) is 4.39 Å². The zero-order valence-corrected chi connectivity index (χ0v) is 12.0. The summed E-state index contributed by atoms with van der Waals surface area (Å²) in [6, 6.07) is 5.64. The highest BCUT2D eigenvalue weighted by Gasteiger charge is 2.15. The van der Waals surface area contributed by atoms with Gasteiger partial charge in [-0.25, -0.2) is 4.39 Å². The minimum atomic E-state index is -1.01. The summed E-state index contributed by atoms with van der Waals surface area (Å²) in [4.78, 5) is 23.9. The highest BCUT2D eigenvalue weighted by molar-refractivity contribution is 5.81. The first-order chi connectivity index (χ1) is 10.0. The summed E-state index contributed by atoms with van der Waals surface area (Å²) in [6.07, 6.45) is 1.43. The normalized spacial score (nSPS) is 10.2. The molecule has 1 aromatic carbocycles. The van der Waals surface area contributed by atoms with Crippen molar-refractivity contribution in [1.82, 2.24) is 4.90 Å². The van der Waals surface area contributed by atoms with Crippen LogP contribution in [-0.2, 0) is 9.59 Å². The molecule has 21 heavy (non-hydrogen) atoms. The van der Waals surface area contributed by atoms with Crippen LogP contribution in [0.2, 0.25) is 0 Å². The Hall–Kier alpha value is -2.11. The summed E-state index contributed by atoms with van der Waals surface area (Å²) in [5.41, 5.74) is 0. The number of carboxylic acids is 1. The Morgan fingerprint density at radius 2 is 1.95 bits per heavy atom. The second kappa shape index (κ2) is 8.94. The fourth-order valence-electron chi connectivity index (χ4n) is 1.83. The maximum Gasteiger partial charge on any atom is 0.323 e. The number of halogens is 1. The second-order valence-corrected chi connectivity index (χ2v) is 4.61. The number of carboxylic acid groups (broad SMARTS) is 1. The molecule has 0 aliphatic carbocycles. The van der Waals surface area contributed by atoms with Crippen molar-refractivity contribution in [3.8, 4) is 5.75 Å². The lowest BCUT2D eigenvalue weighted by molar-refractivity contribution is -0.144. The number of benzene rings is 1. The molecule has 1 aromatic rings. The molecule has 0 radical (unpaired) electrons. The molecule has 0 aliphatic rings. The molecule has 5 nitrogen and oxygen atoms in total. The van der Waals surface area contributed by atoms with Crippen LogP contribution >= 0.6 is 0 Å². The van der Waals surface area contributed by atoms with E-state index in [1.807, 2.05) is 6.92 Å². The van der Waals surface area contributed by atoms with Gasteiger partial charge in [-0.05, 0) is 37.1 Å². The number of aliphatic carboxylic acids is 1. The van der Waals surface area contributed by atoms with Gasteiger partial charge in [-0.2, -0.15) is 0 Å². The molecule has 6 heteroatoms. The van der Waals surface area contributed by atoms with E-state index in [4.69, 9.17) is 9.84 Å². The van der Waals surface area contributed by atoms with E-state index < -0.39 is 5.97 Å². The largest absolute Gasteiger partial charge is 0.494 e. The van der Waals surface area contributed by atoms with Crippen LogP contribution in [0.15, 0.2) is 24.3 Å². The Kier molecular flexibility index (Phi) is 7.21. The SMILES string of the molecule is CCCN(CC(=O)O)C(=O)CCCOc1ccc(F)cc1. The average molecular weight is 297 g/mol. The molecule has 0 aliphatic heterocycles. The van der Waals surface area contributed by atoms with Gasteiger partial charge in [0.2, 0.25) is 5.91 Å². The molecule has 0 atom stereocenters. The van der Waals surface area contributed by atoms with Gasteiger partial charge < -0.3 is 14.7 Å². The molecule has 0 saturated heterocycles. The van der Waals surface area contributed by atoms with Crippen molar-refractivity contribution in [1.29, 1.82) is 0 Å². The Morgan fingerprint density at radius 3 is 2.52 bits per heavy atom. The Balaban J connectivity index is 2.31. The predicted octanol–water partition coefficient (Wildman–Crippen LogP) is 2.31. The summed E-state index contributed by atoms with van der Waals surface area (Å²) in [5.74, 6) is -0.998.